The Morgan fingerprint density at radius 3 is 2.16 bits per heavy atom. The van der Waals surface area contributed by atoms with Gasteiger partial charge in [0.25, 0.3) is 0 Å². The Labute approximate surface area is 152 Å². The molecule has 0 saturated heterocycles. The standard InChI is InChI=1S/C21H20N2OS/c1-15-11-16(2)21(17(3)12-15)22-13-19-9-10-20(25-19)14-23-24-18-7-5-4-6-8-18/h4-14H,1-3H3/b22-13?,23-14+. The number of rotatable bonds is 5. The molecule has 126 valence electrons. The van der Waals surface area contributed by atoms with E-state index in [0.29, 0.717) is 0 Å². The zero-order valence-electron chi connectivity index (χ0n) is 14.6. The molecule has 0 unspecified atom stereocenters. The number of thiophene rings is 1. The molecule has 0 atom stereocenters. The van der Waals surface area contributed by atoms with E-state index in [1.54, 1.807) is 17.6 Å². The van der Waals surface area contributed by atoms with Crippen molar-refractivity contribution in [2.45, 2.75) is 20.8 Å². The first-order chi connectivity index (χ1) is 12.1. The van der Waals surface area contributed by atoms with Crippen molar-refractivity contribution in [1.82, 2.24) is 0 Å². The summed E-state index contributed by atoms with van der Waals surface area (Å²) < 4.78 is 0. The number of nitrogens with zero attached hydrogens (tertiary/aromatic N) is 2. The van der Waals surface area contributed by atoms with Gasteiger partial charge < -0.3 is 4.84 Å². The quantitative estimate of drug-likeness (QED) is 0.421. The Kier molecular flexibility index (Phi) is 5.41. The normalized spacial score (nSPS) is 11.5. The van der Waals surface area contributed by atoms with Gasteiger partial charge in [0.05, 0.1) is 11.9 Å². The van der Waals surface area contributed by atoms with Crippen LogP contribution in [-0.2, 0) is 0 Å². The molecule has 0 N–H and O–H groups in total. The van der Waals surface area contributed by atoms with Crippen molar-refractivity contribution < 1.29 is 4.84 Å². The number of para-hydroxylation sites is 1. The molecule has 0 saturated carbocycles. The average molecular weight is 348 g/mol. The molecule has 0 bridgehead atoms. The fraction of sp³-hybridized carbons (Fsp3) is 0.143. The Morgan fingerprint density at radius 1 is 0.840 bits per heavy atom. The van der Waals surface area contributed by atoms with Crippen LogP contribution in [0.25, 0.3) is 0 Å². The van der Waals surface area contributed by atoms with Crippen molar-refractivity contribution in [3.63, 3.8) is 0 Å². The molecule has 0 radical (unpaired) electrons. The second kappa shape index (κ2) is 7.90. The lowest BCUT2D eigenvalue weighted by Crippen LogP contribution is -1.84. The SMILES string of the molecule is Cc1cc(C)c(N=Cc2ccc(/C=N/Oc3ccccc3)s2)c(C)c1. The molecule has 1 heterocycles. The maximum Gasteiger partial charge on any atom is 0.157 e. The van der Waals surface area contributed by atoms with Crippen LogP contribution in [-0.4, -0.2) is 12.4 Å². The summed E-state index contributed by atoms with van der Waals surface area (Å²) in [6.45, 7) is 6.30. The molecule has 25 heavy (non-hydrogen) atoms. The van der Waals surface area contributed by atoms with Gasteiger partial charge in [-0.05, 0) is 56.2 Å². The second-order valence-electron chi connectivity index (χ2n) is 5.88. The smallest absolute Gasteiger partial charge is 0.157 e. The number of aliphatic imine (C=N–C) groups is 1. The van der Waals surface area contributed by atoms with Crippen molar-refractivity contribution in [2.24, 2.45) is 10.1 Å². The highest BCUT2D eigenvalue weighted by molar-refractivity contribution is 7.15. The highest BCUT2D eigenvalue weighted by Crippen LogP contribution is 2.25. The van der Waals surface area contributed by atoms with Gasteiger partial charge in [-0.2, -0.15) is 0 Å². The topological polar surface area (TPSA) is 34.0 Å². The zero-order chi connectivity index (χ0) is 17.6. The van der Waals surface area contributed by atoms with Gasteiger partial charge in [0.1, 0.15) is 0 Å². The predicted octanol–water partition coefficient (Wildman–Crippen LogP) is 5.84. The number of aryl methyl sites for hydroxylation is 3. The molecule has 0 fully saturated rings. The summed E-state index contributed by atoms with van der Waals surface area (Å²) in [7, 11) is 0. The van der Waals surface area contributed by atoms with Crippen molar-refractivity contribution >= 4 is 29.5 Å². The van der Waals surface area contributed by atoms with Crippen LogP contribution in [0.4, 0.5) is 5.69 Å². The summed E-state index contributed by atoms with van der Waals surface area (Å²) in [4.78, 5) is 12.1. The van der Waals surface area contributed by atoms with E-state index in [1.807, 2.05) is 48.7 Å². The Morgan fingerprint density at radius 2 is 1.48 bits per heavy atom. The third kappa shape index (κ3) is 4.64. The van der Waals surface area contributed by atoms with Crippen LogP contribution >= 0.6 is 11.3 Å². The Bertz CT molecular complexity index is 888. The molecule has 3 aromatic rings. The van der Waals surface area contributed by atoms with Crippen LogP contribution < -0.4 is 4.84 Å². The van der Waals surface area contributed by atoms with Crippen LogP contribution in [0, 0.1) is 20.8 Å². The lowest BCUT2D eigenvalue weighted by Gasteiger charge is -2.05. The summed E-state index contributed by atoms with van der Waals surface area (Å²) in [5, 5.41) is 4.02. The minimum absolute atomic E-state index is 0.724. The lowest BCUT2D eigenvalue weighted by molar-refractivity contribution is 0.344. The number of benzene rings is 2. The van der Waals surface area contributed by atoms with Gasteiger partial charge in [-0.1, -0.05) is 41.1 Å². The molecular weight excluding hydrogens is 328 g/mol. The summed E-state index contributed by atoms with van der Waals surface area (Å²) in [5.41, 5.74) is 4.70. The third-order valence-electron chi connectivity index (χ3n) is 3.69. The number of hydrogen-bond donors (Lipinski definition) is 0. The van der Waals surface area contributed by atoms with Crippen LogP contribution in [0.1, 0.15) is 26.4 Å². The van der Waals surface area contributed by atoms with Gasteiger partial charge in [-0.3, -0.25) is 4.99 Å². The molecule has 0 aliphatic carbocycles. The van der Waals surface area contributed by atoms with Gasteiger partial charge in [-0.15, -0.1) is 11.3 Å². The van der Waals surface area contributed by atoms with Gasteiger partial charge >= 0.3 is 0 Å². The molecule has 0 aliphatic rings. The summed E-state index contributed by atoms with van der Waals surface area (Å²) >= 11 is 1.62. The molecular formula is C21H20N2OS. The molecule has 3 nitrogen and oxygen atoms in total. The molecule has 0 amide bonds. The molecule has 0 aliphatic heterocycles. The van der Waals surface area contributed by atoms with E-state index < -0.39 is 0 Å². The average Bonchev–Trinajstić information content (AvgIpc) is 3.03. The first kappa shape index (κ1) is 17.1. The Balaban J connectivity index is 1.68. The van der Waals surface area contributed by atoms with Gasteiger partial charge in [0.2, 0.25) is 0 Å². The van der Waals surface area contributed by atoms with E-state index in [0.717, 1.165) is 21.2 Å². The minimum Gasteiger partial charge on any atom is -0.357 e. The van der Waals surface area contributed by atoms with E-state index in [4.69, 9.17) is 4.84 Å². The van der Waals surface area contributed by atoms with Crippen LogP contribution in [0.3, 0.4) is 0 Å². The second-order valence-corrected chi connectivity index (χ2v) is 7.03. The van der Waals surface area contributed by atoms with Crippen molar-refractivity contribution in [3.8, 4) is 5.75 Å². The van der Waals surface area contributed by atoms with Crippen molar-refractivity contribution in [3.05, 3.63) is 81.0 Å². The summed E-state index contributed by atoms with van der Waals surface area (Å²) in [6.07, 6.45) is 3.63. The molecule has 0 spiro atoms. The first-order valence-corrected chi connectivity index (χ1v) is 8.90. The molecule has 2 aromatic carbocycles. The zero-order valence-corrected chi connectivity index (χ0v) is 15.4. The minimum atomic E-state index is 0.724. The van der Waals surface area contributed by atoms with E-state index in [2.05, 4.69) is 43.1 Å². The van der Waals surface area contributed by atoms with Gasteiger partial charge in [-0.25, -0.2) is 0 Å². The van der Waals surface area contributed by atoms with E-state index in [9.17, 15) is 0 Å². The predicted molar refractivity (Wildman–Crippen MR) is 107 cm³/mol. The lowest BCUT2D eigenvalue weighted by atomic mass is 10.1. The summed E-state index contributed by atoms with van der Waals surface area (Å²) in [6, 6.07) is 17.9. The molecule has 1 aromatic heterocycles. The number of hydrogen-bond acceptors (Lipinski definition) is 4. The van der Waals surface area contributed by atoms with E-state index >= 15 is 0 Å². The maximum absolute atomic E-state index is 5.33. The largest absolute Gasteiger partial charge is 0.357 e. The fourth-order valence-corrected chi connectivity index (χ4v) is 3.38. The van der Waals surface area contributed by atoms with Gasteiger partial charge in [0, 0.05) is 16.0 Å². The monoisotopic (exact) mass is 348 g/mol. The van der Waals surface area contributed by atoms with E-state index in [1.165, 1.54) is 16.7 Å². The fourth-order valence-electron chi connectivity index (χ4n) is 2.63. The van der Waals surface area contributed by atoms with Crippen molar-refractivity contribution in [1.29, 1.82) is 0 Å². The van der Waals surface area contributed by atoms with Gasteiger partial charge in [0.15, 0.2) is 5.75 Å². The maximum atomic E-state index is 5.33. The van der Waals surface area contributed by atoms with Crippen LogP contribution in [0.15, 0.2) is 64.7 Å². The number of oxime groups is 1. The Hall–Kier alpha value is -2.72. The first-order valence-electron chi connectivity index (χ1n) is 8.09. The highest BCUT2D eigenvalue weighted by atomic mass is 32.1. The van der Waals surface area contributed by atoms with E-state index in [-0.39, 0.29) is 0 Å². The molecule has 4 heteroatoms. The third-order valence-corrected chi connectivity index (χ3v) is 4.64. The van der Waals surface area contributed by atoms with Crippen LogP contribution in [0.2, 0.25) is 0 Å². The van der Waals surface area contributed by atoms with Crippen molar-refractivity contribution in [2.75, 3.05) is 0 Å². The summed E-state index contributed by atoms with van der Waals surface area (Å²) in [5.74, 6) is 0.724. The highest BCUT2D eigenvalue weighted by Gasteiger charge is 2.02. The molecule has 3 rings (SSSR count). The van der Waals surface area contributed by atoms with Crippen LogP contribution in [0.5, 0.6) is 5.75 Å².